The minimum absolute atomic E-state index is 0.530. The second kappa shape index (κ2) is 3.07. The van der Waals surface area contributed by atoms with E-state index in [4.69, 9.17) is 11.6 Å². The lowest BCUT2D eigenvalue weighted by Crippen LogP contribution is -2.08. The van der Waals surface area contributed by atoms with E-state index in [0.29, 0.717) is 6.04 Å². The highest BCUT2D eigenvalue weighted by Gasteiger charge is 2.19. The molecule has 1 saturated heterocycles. The van der Waals surface area contributed by atoms with E-state index in [1.165, 1.54) is 12.2 Å². The van der Waals surface area contributed by atoms with Crippen LogP contribution >= 0.6 is 23.4 Å². The maximum Gasteiger partial charge on any atom is 0.127 e. The van der Waals surface area contributed by atoms with Crippen LogP contribution in [0.1, 0.15) is 12.5 Å². The Labute approximate surface area is 74.9 Å². The van der Waals surface area contributed by atoms with Gasteiger partial charge in [-0.2, -0.15) is 16.9 Å². The van der Waals surface area contributed by atoms with Gasteiger partial charge >= 0.3 is 0 Å². The summed E-state index contributed by atoms with van der Waals surface area (Å²) in [6, 6.07) is 2.37. The maximum atomic E-state index is 5.91. The van der Waals surface area contributed by atoms with Crippen molar-refractivity contribution in [3.05, 3.63) is 17.4 Å². The molecule has 0 aromatic carbocycles. The Bertz CT molecular complexity index is 242. The van der Waals surface area contributed by atoms with Crippen molar-refractivity contribution in [3.63, 3.8) is 0 Å². The Hall–Kier alpha value is -0.150. The zero-order valence-corrected chi connectivity index (χ0v) is 7.61. The van der Waals surface area contributed by atoms with Gasteiger partial charge in [0.05, 0.1) is 12.2 Å². The predicted octanol–water partition coefficient (Wildman–Crippen LogP) is 2.21. The van der Waals surface area contributed by atoms with Crippen molar-refractivity contribution < 1.29 is 0 Å². The number of aromatic nitrogens is 2. The second-order valence-corrected chi connectivity index (χ2v) is 4.15. The van der Waals surface area contributed by atoms with Crippen LogP contribution in [0.3, 0.4) is 0 Å². The minimum Gasteiger partial charge on any atom is -0.250 e. The van der Waals surface area contributed by atoms with Gasteiger partial charge in [-0.1, -0.05) is 11.6 Å². The smallest absolute Gasteiger partial charge is 0.127 e. The molecule has 1 aliphatic rings. The molecule has 2 rings (SSSR count). The topological polar surface area (TPSA) is 17.8 Å². The van der Waals surface area contributed by atoms with Gasteiger partial charge < -0.3 is 0 Å². The molecule has 0 spiro atoms. The van der Waals surface area contributed by atoms with E-state index >= 15 is 0 Å². The van der Waals surface area contributed by atoms with Crippen molar-refractivity contribution in [3.8, 4) is 0 Å². The fourth-order valence-corrected chi connectivity index (χ4v) is 2.71. The van der Waals surface area contributed by atoms with Crippen LogP contribution in [-0.4, -0.2) is 21.3 Å². The number of hydrogen-bond acceptors (Lipinski definition) is 2. The summed E-state index contributed by atoms with van der Waals surface area (Å²) in [6.07, 6.45) is 2.96. The normalized spacial score (nSPS) is 24.3. The summed E-state index contributed by atoms with van der Waals surface area (Å²) < 4.78 is 1.92. The lowest BCUT2D eigenvalue weighted by Gasteiger charge is -2.09. The quantitative estimate of drug-likeness (QED) is 0.673. The standard InChI is InChI=1S/C7H9ClN2S/c8-7-1-3-9-10(7)6-2-4-11-5-6/h1,3,6H,2,4-5H2. The highest BCUT2D eigenvalue weighted by molar-refractivity contribution is 7.99. The number of rotatable bonds is 1. The van der Waals surface area contributed by atoms with Crippen molar-refractivity contribution in [2.75, 3.05) is 11.5 Å². The summed E-state index contributed by atoms with van der Waals surface area (Å²) in [7, 11) is 0. The molecule has 4 heteroatoms. The van der Waals surface area contributed by atoms with Crippen molar-refractivity contribution in [2.24, 2.45) is 0 Å². The summed E-state index contributed by atoms with van der Waals surface area (Å²) in [5.41, 5.74) is 0. The fraction of sp³-hybridized carbons (Fsp3) is 0.571. The molecular formula is C7H9ClN2S. The monoisotopic (exact) mass is 188 g/mol. The first-order chi connectivity index (χ1) is 5.38. The Morgan fingerprint density at radius 1 is 1.73 bits per heavy atom. The van der Waals surface area contributed by atoms with Crippen molar-refractivity contribution in [2.45, 2.75) is 12.5 Å². The zero-order valence-electron chi connectivity index (χ0n) is 6.03. The molecule has 2 heterocycles. The molecule has 0 amide bonds. The maximum absolute atomic E-state index is 5.91. The van der Waals surface area contributed by atoms with Crippen molar-refractivity contribution >= 4 is 23.4 Å². The van der Waals surface area contributed by atoms with Gasteiger partial charge in [0.25, 0.3) is 0 Å². The summed E-state index contributed by atoms with van der Waals surface area (Å²) in [4.78, 5) is 0. The van der Waals surface area contributed by atoms with Gasteiger partial charge in [0.15, 0.2) is 0 Å². The number of halogens is 1. The third-order valence-electron chi connectivity index (χ3n) is 1.87. The van der Waals surface area contributed by atoms with Crippen LogP contribution in [0.25, 0.3) is 0 Å². The molecule has 2 nitrogen and oxygen atoms in total. The first kappa shape index (κ1) is 7.50. The van der Waals surface area contributed by atoms with Crippen molar-refractivity contribution in [1.29, 1.82) is 0 Å². The highest BCUT2D eigenvalue weighted by Crippen LogP contribution is 2.29. The van der Waals surface area contributed by atoms with E-state index in [9.17, 15) is 0 Å². The molecule has 1 aliphatic heterocycles. The molecule has 60 valence electrons. The van der Waals surface area contributed by atoms with Crippen LogP contribution in [0.15, 0.2) is 12.3 Å². The zero-order chi connectivity index (χ0) is 7.68. The second-order valence-electron chi connectivity index (χ2n) is 2.62. The molecule has 1 fully saturated rings. The molecule has 0 radical (unpaired) electrons. The summed E-state index contributed by atoms with van der Waals surface area (Å²) in [5, 5.41) is 4.93. The van der Waals surface area contributed by atoms with E-state index in [1.807, 2.05) is 22.5 Å². The Balaban J connectivity index is 2.21. The Morgan fingerprint density at radius 2 is 2.64 bits per heavy atom. The fourth-order valence-electron chi connectivity index (χ4n) is 1.28. The number of thioether (sulfide) groups is 1. The third-order valence-corrected chi connectivity index (χ3v) is 3.32. The van der Waals surface area contributed by atoms with Crippen LogP contribution < -0.4 is 0 Å². The van der Waals surface area contributed by atoms with Crippen LogP contribution in [0, 0.1) is 0 Å². The number of nitrogens with zero attached hydrogens (tertiary/aromatic N) is 2. The van der Waals surface area contributed by atoms with Gasteiger partial charge in [0.1, 0.15) is 5.15 Å². The van der Waals surface area contributed by atoms with Gasteiger partial charge in [-0.3, -0.25) is 4.68 Å². The van der Waals surface area contributed by atoms with E-state index in [1.54, 1.807) is 6.20 Å². The molecule has 1 aromatic heterocycles. The molecular weight excluding hydrogens is 180 g/mol. The number of hydrogen-bond donors (Lipinski definition) is 0. The molecule has 1 aromatic rings. The molecule has 1 unspecified atom stereocenters. The van der Waals surface area contributed by atoms with Crippen LogP contribution in [-0.2, 0) is 0 Å². The van der Waals surface area contributed by atoms with Gasteiger partial charge in [-0.25, -0.2) is 0 Å². The van der Waals surface area contributed by atoms with Crippen LogP contribution in [0.2, 0.25) is 5.15 Å². The minimum atomic E-state index is 0.530. The van der Waals surface area contributed by atoms with E-state index < -0.39 is 0 Å². The molecule has 1 atom stereocenters. The SMILES string of the molecule is Clc1ccnn1C1CCSC1. The Kier molecular flexibility index (Phi) is 2.09. The van der Waals surface area contributed by atoms with E-state index in [0.717, 1.165) is 10.9 Å². The lowest BCUT2D eigenvalue weighted by molar-refractivity contribution is 0.502. The molecule has 11 heavy (non-hydrogen) atoms. The Morgan fingerprint density at radius 3 is 3.18 bits per heavy atom. The van der Waals surface area contributed by atoms with Crippen LogP contribution in [0.4, 0.5) is 0 Å². The van der Waals surface area contributed by atoms with E-state index in [-0.39, 0.29) is 0 Å². The van der Waals surface area contributed by atoms with E-state index in [2.05, 4.69) is 5.10 Å². The van der Waals surface area contributed by atoms with Gasteiger partial charge in [-0.15, -0.1) is 0 Å². The molecule has 0 N–H and O–H groups in total. The van der Waals surface area contributed by atoms with Crippen LogP contribution in [0.5, 0.6) is 0 Å². The van der Waals surface area contributed by atoms with Gasteiger partial charge in [-0.05, 0) is 18.2 Å². The third kappa shape index (κ3) is 1.40. The first-order valence-electron chi connectivity index (χ1n) is 3.64. The molecule has 0 aliphatic carbocycles. The lowest BCUT2D eigenvalue weighted by atomic mass is 10.3. The molecule has 0 saturated carbocycles. The van der Waals surface area contributed by atoms with Gasteiger partial charge in [0.2, 0.25) is 0 Å². The van der Waals surface area contributed by atoms with Crippen molar-refractivity contribution in [1.82, 2.24) is 9.78 Å². The van der Waals surface area contributed by atoms with Gasteiger partial charge in [0, 0.05) is 5.75 Å². The largest absolute Gasteiger partial charge is 0.250 e. The summed E-state index contributed by atoms with van der Waals surface area (Å²) in [6.45, 7) is 0. The summed E-state index contributed by atoms with van der Waals surface area (Å²) >= 11 is 7.88. The predicted molar refractivity (Wildman–Crippen MR) is 48.2 cm³/mol. The average Bonchev–Trinajstić information content (AvgIpc) is 2.55. The first-order valence-corrected chi connectivity index (χ1v) is 5.18. The summed E-state index contributed by atoms with van der Waals surface area (Å²) in [5.74, 6) is 2.39. The molecule has 0 bridgehead atoms. The average molecular weight is 189 g/mol. The highest BCUT2D eigenvalue weighted by atomic mass is 35.5.